The van der Waals surface area contributed by atoms with Gasteiger partial charge in [-0.15, -0.1) is 0 Å². The van der Waals surface area contributed by atoms with Crippen LogP contribution in [0.15, 0.2) is 0 Å². The summed E-state index contributed by atoms with van der Waals surface area (Å²) in [6, 6.07) is -0.753. The molecule has 4 nitrogen and oxygen atoms in total. The minimum atomic E-state index is -0.406. The van der Waals surface area contributed by atoms with Gasteiger partial charge in [-0.05, 0) is 24.7 Å². The second-order valence-electron chi connectivity index (χ2n) is 7.40. The van der Waals surface area contributed by atoms with Gasteiger partial charge in [0.2, 0.25) is 11.8 Å². The number of rotatable bonds is 5. The molecule has 2 unspecified atom stereocenters. The molecule has 1 aliphatic rings. The summed E-state index contributed by atoms with van der Waals surface area (Å²) in [6.45, 7) is 12.9. The number of amides is 2. The van der Waals surface area contributed by atoms with E-state index in [1.807, 2.05) is 27.7 Å². The van der Waals surface area contributed by atoms with E-state index in [1.165, 1.54) is 6.42 Å². The zero-order valence-corrected chi connectivity index (χ0v) is 13.8. The first-order valence-electron chi connectivity index (χ1n) is 7.75. The Labute approximate surface area is 123 Å². The third-order valence-electron chi connectivity index (χ3n) is 3.96. The van der Waals surface area contributed by atoms with Crippen molar-refractivity contribution in [2.24, 2.45) is 11.3 Å². The zero-order valence-electron chi connectivity index (χ0n) is 13.8. The molecule has 0 aliphatic carbocycles. The highest BCUT2D eigenvalue weighted by molar-refractivity contribution is 5.97. The van der Waals surface area contributed by atoms with E-state index >= 15 is 0 Å². The van der Waals surface area contributed by atoms with E-state index in [1.54, 1.807) is 4.90 Å². The van der Waals surface area contributed by atoms with Gasteiger partial charge in [0.25, 0.3) is 0 Å². The Bertz CT molecular complexity index is 358. The second-order valence-corrected chi connectivity index (χ2v) is 7.40. The molecule has 1 fully saturated rings. The van der Waals surface area contributed by atoms with E-state index in [0.717, 1.165) is 12.8 Å². The van der Waals surface area contributed by atoms with Crippen LogP contribution in [-0.4, -0.2) is 35.3 Å². The fraction of sp³-hybridized carbons (Fsp3) is 0.875. The predicted molar refractivity (Wildman–Crippen MR) is 81.2 cm³/mol. The average molecular weight is 282 g/mol. The third kappa shape index (κ3) is 4.22. The molecular weight excluding hydrogens is 252 g/mol. The van der Waals surface area contributed by atoms with Crippen molar-refractivity contribution >= 4 is 11.8 Å². The number of nitrogens with one attached hydrogen (secondary N) is 1. The van der Waals surface area contributed by atoms with Crippen molar-refractivity contribution in [3.05, 3.63) is 0 Å². The number of hydrogen-bond acceptors (Lipinski definition) is 2. The SMILES string of the molecule is CC(C)CCCCN1C(=O)C(C(C)(C)C)NC(=O)C1C. The Kier molecular flexibility index (Phi) is 5.60. The fourth-order valence-electron chi connectivity index (χ4n) is 2.55. The summed E-state index contributed by atoms with van der Waals surface area (Å²) in [6.07, 6.45) is 3.25. The van der Waals surface area contributed by atoms with E-state index in [-0.39, 0.29) is 23.3 Å². The molecule has 0 bridgehead atoms. The molecule has 0 aromatic rings. The van der Waals surface area contributed by atoms with Crippen LogP contribution >= 0.6 is 0 Å². The van der Waals surface area contributed by atoms with Crippen LogP contribution in [0.3, 0.4) is 0 Å². The molecule has 1 saturated heterocycles. The lowest BCUT2D eigenvalue weighted by atomic mass is 9.84. The van der Waals surface area contributed by atoms with Gasteiger partial charge in [-0.3, -0.25) is 9.59 Å². The summed E-state index contributed by atoms with van der Waals surface area (Å²) >= 11 is 0. The topological polar surface area (TPSA) is 49.4 Å². The Balaban J connectivity index is 2.66. The third-order valence-corrected chi connectivity index (χ3v) is 3.96. The first kappa shape index (κ1) is 17.0. The molecule has 20 heavy (non-hydrogen) atoms. The number of hydrogen-bond donors (Lipinski definition) is 1. The molecule has 1 rings (SSSR count). The average Bonchev–Trinajstić information content (AvgIpc) is 2.31. The van der Waals surface area contributed by atoms with Crippen molar-refractivity contribution in [2.45, 2.75) is 72.9 Å². The van der Waals surface area contributed by atoms with Crippen molar-refractivity contribution in [3.63, 3.8) is 0 Å². The van der Waals surface area contributed by atoms with Crippen LogP contribution in [0.5, 0.6) is 0 Å². The standard InChI is InChI=1S/C16H30N2O2/c1-11(2)9-7-8-10-18-12(3)14(19)17-13(15(18)20)16(4,5)6/h11-13H,7-10H2,1-6H3,(H,17,19). The maximum Gasteiger partial charge on any atom is 0.246 e. The van der Waals surface area contributed by atoms with Gasteiger partial charge in [-0.1, -0.05) is 47.5 Å². The normalized spacial score (nSPS) is 24.2. The van der Waals surface area contributed by atoms with Crippen molar-refractivity contribution in [1.29, 1.82) is 0 Å². The summed E-state index contributed by atoms with van der Waals surface area (Å²) in [5, 5.41) is 2.86. The molecular formula is C16H30N2O2. The van der Waals surface area contributed by atoms with E-state index < -0.39 is 6.04 Å². The molecule has 0 saturated carbocycles. The van der Waals surface area contributed by atoms with Gasteiger partial charge in [0.1, 0.15) is 12.1 Å². The number of unbranched alkanes of at least 4 members (excludes halogenated alkanes) is 1. The Hall–Kier alpha value is -1.06. The van der Waals surface area contributed by atoms with Crippen molar-refractivity contribution < 1.29 is 9.59 Å². The highest BCUT2D eigenvalue weighted by Crippen LogP contribution is 2.25. The van der Waals surface area contributed by atoms with Crippen molar-refractivity contribution in [2.75, 3.05) is 6.54 Å². The number of nitrogens with zero attached hydrogens (tertiary/aromatic N) is 1. The Morgan fingerprint density at radius 2 is 1.80 bits per heavy atom. The number of carbonyl (C=O) groups excluding carboxylic acids is 2. The summed E-state index contributed by atoms with van der Waals surface area (Å²) < 4.78 is 0. The fourth-order valence-corrected chi connectivity index (χ4v) is 2.55. The quantitative estimate of drug-likeness (QED) is 0.788. The smallest absolute Gasteiger partial charge is 0.246 e. The summed E-state index contributed by atoms with van der Waals surface area (Å²) in [5.41, 5.74) is -0.247. The van der Waals surface area contributed by atoms with Crippen molar-refractivity contribution in [3.8, 4) is 0 Å². The van der Waals surface area contributed by atoms with Crippen LogP contribution in [0.2, 0.25) is 0 Å². The maximum atomic E-state index is 12.6. The maximum absolute atomic E-state index is 12.6. The Morgan fingerprint density at radius 1 is 1.20 bits per heavy atom. The summed E-state index contributed by atoms with van der Waals surface area (Å²) in [7, 11) is 0. The summed E-state index contributed by atoms with van der Waals surface area (Å²) in [5.74, 6) is 0.720. The van der Waals surface area contributed by atoms with E-state index in [0.29, 0.717) is 12.5 Å². The monoisotopic (exact) mass is 282 g/mol. The molecule has 0 radical (unpaired) electrons. The van der Waals surface area contributed by atoms with Crippen LogP contribution in [-0.2, 0) is 9.59 Å². The molecule has 4 heteroatoms. The van der Waals surface area contributed by atoms with Gasteiger partial charge in [-0.2, -0.15) is 0 Å². The first-order valence-corrected chi connectivity index (χ1v) is 7.75. The lowest BCUT2D eigenvalue weighted by molar-refractivity contribution is -0.151. The number of piperazine rings is 1. The number of carbonyl (C=O) groups is 2. The molecule has 1 N–H and O–H groups in total. The molecule has 0 aromatic heterocycles. The largest absolute Gasteiger partial charge is 0.342 e. The van der Waals surface area contributed by atoms with Gasteiger partial charge in [0, 0.05) is 6.54 Å². The molecule has 1 aliphatic heterocycles. The van der Waals surface area contributed by atoms with Crippen molar-refractivity contribution in [1.82, 2.24) is 10.2 Å². The molecule has 0 aromatic carbocycles. The van der Waals surface area contributed by atoms with Gasteiger partial charge in [-0.25, -0.2) is 0 Å². The molecule has 2 amide bonds. The Morgan fingerprint density at radius 3 is 2.30 bits per heavy atom. The van der Waals surface area contributed by atoms with Crippen LogP contribution in [0.4, 0.5) is 0 Å². The lowest BCUT2D eigenvalue weighted by Crippen LogP contribution is -2.65. The van der Waals surface area contributed by atoms with Gasteiger partial charge >= 0.3 is 0 Å². The highest BCUT2D eigenvalue weighted by atomic mass is 16.2. The minimum absolute atomic E-state index is 0.0339. The summed E-state index contributed by atoms with van der Waals surface area (Å²) in [4.78, 5) is 26.4. The van der Waals surface area contributed by atoms with E-state index in [9.17, 15) is 9.59 Å². The van der Waals surface area contributed by atoms with Crippen LogP contribution < -0.4 is 5.32 Å². The molecule has 0 spiro atoms. The van der Waals surface area contributed by atoms with Crippen LogP contribution in [0.1, 0.15) is 60.8 Å². The van der Waals surface area contributed by atoms with Crippen LogP contribution in [0.25, 0.3) is 0 Å². The molecule has 1 heterocycles. The van der Waals surface area contributed by atoms with Gasteiger partial charge < -0.3 is 10.2 Å². The van der Waals surface area contributed by atoms with E-state index in [2.05, 4.69) is 19.2 Å². The predicted octanol–water partition coefficient (Wildman–Crippen LogP) is 2.57. The minimum Gasteiger partial charge on any atom is -0.342 e. The van der Waals surface area contributed by atoms with E-state index in [4.69, 9.17) is 0 Å². The van der Waals surface area contributed by atoms with Gasteiger partial charge in [0.05, 0.1) is 0 Å². The first-order chi connectivity index (χ1) is 9.14. The molecule has 116 valence electrons. The van der Waals surface area contributed by atoms with Gasteiger partial charge in [0.15, 0.2) is 0 Å². The van der Waals surface area contributed by atoms with Crippen LogP contribution in [0, 0.1) is 11.3 Å². The second kappa shape index (κ2) is 6.59. The zero-order chi connectivity index (χ0) is 15.5. The lowest BCUT2D eigenvalue weighted by Gasteiger charge is -2.42. The molecule has 2 atom stereocenters. The highest BCUT2D eigenvalue weighted by Gasteiger charge is 2.43.